The highest BCUT2D eigenvalue weighted by molar-refractivity contribution is 6.04. The number of nitrogens with one attached hydrogen (secondary N) is 1. The number of hydrogen-bond acceptors (Lipinski definition) is 4. The van der Waals surface area contributed by atoms with Gasteiger partial charge in [0.15, 0.2) is 5.78 Å². The number of aliphatic hydroxyl groups is 1. The normalized spacial score (nSPS) is 15.1. The number of fused-ring (bicyclic) bond motifs is 1. The van der Waals surface area contributed by atoms with Gasteiger partial charge in [-0.2, -0.15) is 0 Å². The number of Topliss-reactive ketones (excluding diaryl/α,β-unsaturated/α-hetero) is 1. The van der Waals surface area contributed by atoms with E-state index in [2.05, 4.69) is 5.32 Å². The van der Waals surface area contributed by atoms with Crippen molar-refractivity contribution in [2.45, 2.75) is 52.3 Å². The molecule has 4 heteroatoms. The van der Waals surface area contributed by atoms with Crippen molar-refractivity contribution in [3.8, 4) is 0 Å². The molecule has 0 aliphatic carbocycles. The van der Waals surface area contributed by atoms with Crippen LogP contribution in [-0.4, -0.2) is 22.5 Å². The zero-order valence-electron chi connectivity index (χ0n) is 13.2. The number of aliphatic hydroxyl groups excluding tert-OH is 1. The van der Waals surface area contributed by atoms with Crippen molar-refractivity contribution in [3.63, 3.8) is 0 Å². The van der Waals surface area contributed by atoms with Crippen LogP contribution < -0.4 is 5.32 Å². The molecule has 0 spiro atoms. The zero-order chi connectivity index (χ0) is 15.8. The van der Waals surface area contributed by atoms with Crippen LogP contribution in [0, 0.1) is 0 Å². The predicted octanol–water partition coefficient (Wildman–Crippen LogP) is 3.45. The third-order valence-corrected chi connectivity index (χ3v) is 3.37. The molecule has 1 heterocycles. The highest BCUT2D eigenvalue weighted by Gasteiger charge is 2.24. The fourth-order valence-electron chi connectivity index (χ4n) is 2.51. The number of ketones is 1. The monoisotopic (exact) mass is 289 g/mol. The number of carbonyl (C=O) groups is 1. The molecule has 2 unspecified atom stereocenters. The van der Waals surface area contributed by atoms with Gasteiger partial charge in [-0.3, -0.25) is 4.79 Å². The maximum absolute atomic E-state index is 11.6. The second-order valence-electron chi connectivity index (χ2n) is 6.56. The van der Waals surface area contributed by atoms with Gasteiger partial charge in [-0.25, -0.2) is 0 Å². The Morgan fingerprint density at radius 3 is 2.57 bits per heavy atom. The molecule has 1 aromatic heterocycles. The number of benzene rings is 1. The van der Waals surface area contributed by atoms with Gasteiger partial charge in [0.1, 0.15) is 17.4 Å². The molecule has 114 valence electrons. The van der Waals surface area contributed by atoms with E-state index in [1.54, 1.807) is 12.1 Å². The maximum atomic E-state index is 11.6. The SMILES string of the molecule is CC(=O)c1cccc2cc(C(O)C(C)NC(C)(C)C)oc12. The van der Waals surface area contributed by atoms with Crippen molar-refractivity contribution in [2.75, 3.05) is 0 Å². The number of hydrogen-bond donors (Lipinski definition) is 2. The Morgan fingerprint density at radius 1 is 1.33 bits per heavy atom. The standard InChI is InChI=1S/C17H23NO3/c1-10(18-17(3,4)5)15(20)14-9-12-7-6-8-13(11(2)19)16(12)21-14/h6-10,15,18,20H,1-5H3. The summed E-state index contributed by atoms with van der Waals surface area (Å²) < 4.78 is 5.75. The van der Waals surface area contributed by atoms with Crippen molar-refractivity contribution in [2.24, 2.45) is 0 Å². The molecule has 0 bridgehead atoms. The van der Waals surface area contributed by atoms with Crippen molar-refractivity contribution < 1.29 is 14.3 Å². The van der Waals surface area contributed by atoms with E-state index in [1.807, 2.05) is 39.8 Å². The van der Waals surface area contributed by atoms with Gasteiger partial charge < -0.3 is 14.8 Å². The summed E-state index contributed by atoms with van der Waals surface area (Å²) >= 11 is 0. The van der Waals surface area contributed by atoms with E-state index in [0.29, 0.717) is 16.9 Å². The van der Waals surface area contributed by atoms with Gasteiger partial charge in [-0.05, 0) is 46.8 Å². The highest BCUT2D eigenvalue weighted by atomic mass is 16.4. The first-order valence-corrected chi connectivity index (χ1v) is 7.18. The smallest absolute Gasteiger partial charge is 0.163 e. The van der Waals surface area contributed by atoms with Crippen molar-refractivity contribution in [1.82, 2.24) is 5.32 Å². The van der Waals surface area contributed by atoms with Crippen LogP contribution in [0.5, 0.6) is 0 Å². The largest absolute Gasteiger partial charge is 0.457 e. The van der Waals surface area contributed by atoms with Gasteiger partial charge in [-0.15, -0.1) is 0 Å². The topological polar surface area (TPSA) is 62.5 Å². The van der Waals surface area contributed by atoms with Gasteiger partial charge in [0.05, 0.1) is 5.56 Å². The summed E-state index contributed by atoms with van der Waals surface area (Å²) in [5.74, 6) is 0.430. The van der Waals surface area contributed by atoms with Crippen LogP contribution in [0.25, 0.3) is 11.0 Å². The zero-order valence-corrected chi connectivity index (χ0v) is 13.2. The third kappa shape index (κ3) is 3.52. The van der Waals surface area contributed by atoms with Gasteiger partial charge in [0.2, 0.25) is 0 Å². The molecule has 2 aromatic rings. The van der Waals surface area contributed by atoms with Crippen molar-refractivity contribution >= 4 is 16.8 Å². The second-order valence-corrected chi connectivity index (χ2v) is 6.56. The summed E-state index contributed by atoms with van der Waals surface area (Å²) in [5, 5.41) is 14.6. The lowest BCUT2D eigenvalue weighted by atomic mass is 10.0. The first kappa shape index (κ1) is 15.7. The van der Waals surface area contributed by atoms with E-state index in [-0.39, 0.29) is 17.4 Å². The minimum absolute atomic E-state index is 0.0446. The molecular formula is C17H23NO3. The molecule has 4 nitrogen and oxygen atoms in total. The van der Waals surface area contributed by atoms with E-state index < -0.39 is 6.10 Å². The molecule has 1 aromatic carbocycles. The second kappa shape index (κ2) is 5.62. The Kier molecular flexibility index (Phi) is 4.21. The van der Waals surface area contributed by atoms with Crippen LogP contribution >= 0.6 is 0 Å². The number of carbonyl (C=O) groups excluding carboxylic acids is 1. The fourth-order valence-corrected chi connectivity index (χ4v) is 2.51. The van der Waals surface area contributed by atoms with E-state index in [4.69, 9.17) is 4.42 Å². The molecule has 0 saturated heterocycles. The average molecular weight is 289 g/mol. The lowest BCUT2D eigenvalue weighted by Gasteiger charge is -2.28. The molecule has 0 saturated carbocycles. The van der Waals surface area contributed by atoms with E-state index in [0.717, 1.165) is 5.39 Å². The molecule has 0 amide bonds. The maximum Gasteiger partial charge on any atom is 0.163 e. The minimum atomic E-state index is -0.767. The van der Waals surface area contributed by atoms with Crippen LogP contribution in [0.2, 0.25) is 0 Å². The number of furan rings is 1. The van der Waals surface area contributed by atoms with Crippen LogP contribution in [0.4, 0.5) is 0 Å². The van der Waals surface area contributed by atoms with Crippen molar-refractivity contribution in [1.29, 1.82) is 0 Å². The van der Waals surface area contributed by atoms with Gasteiger partial charge in [-0.1, -0.05) is 12.1 Å². The lowest BCUT2D eigenvalue weighted by Crippen LogP contribution is -2.44. The molecule has 2 atom stereocenters. The number of rotatable bonds is 4. The van der Waals surface area contributed by atoms with Crippen LogP contribution in [0.15, 0.2) is 28.7 Å². The third-order valence-electron chi connectivity index (χ3n) is 3.37. The van der Waals surface area contributed by atoms with Crippen LogP contribution in [-0.2, 0) is 0 Å². The quantitative estimate of drug-likeness (QED) is 0.846. The molecule has 0 radical (unpaired) electrons. The summed E-state index contributed by atoms with van der Waals surface area (Å²) in [6.07, 6.45) is -0.767. The van der Waals surface area contributed by atoms with Gasteiger partial charge in [0.25, 0.3) is 0 Å². The first-order valence-electron chi connectivity index (χ1n) is 7.18. The molecule has 2 rings (SSSR count). The molecule has 0 fully saturated rings. The molecule has 21 heavy (non-hydrogen) atoms. The lowest BCUT2D eigenvalue weighted by molar-refractivity contribution is 0.0995. The van der Waals surface area contributed by atoms with Gasteiger partial charge >= 0.3 is 0 Å². The summed E-state index contributed by atoms with van der Waals surface area (Å²) in [7, 11) is 0. The highest BCUT2D eigenvalue weighted by Crippen LogP contribution is 2.28. The summed E-state index contributed by atoms with van der Waals surface area (Å²) in [5.41, 5.74) is 0.987. The Labute approximate surface area is 125 Å². The summed E-state index contributed by atoms with van der Waals surface area (Å²) in [6, 6.07) is 7.07. The van der Waals surface area contributed by atoms with E-state index in [1.165, 1.54) is 6.92 Å². The summed E-state index contributed by atoms with van der Waals surface area (Å²) in [6.45, 7) is 9.56. The van der Waals surface area contributed by atoms with E-state index >= 15 is 0 Å². The predicted molar refractivity (Wildman–Crippen MR) is 83.5 cm³/mol. The Morgan fingerprint density at radius 2 is 2.00 bits per heavy atom. The van der Waals surface area contributed by atoms with Crippen LogP contribution in [0.1, 0.15) is 56.8 Å². The molecule has 0 aliphatic rings. The molecular weight excluding hydrogens is 266 g/mol. The van der Waals surface area contributed by atoms with E-state index in [9.17, 15) is 9.90 Å². The Bertz CT molecular complexity index is 652. The Hall–Kier alpha value is -1.65. The summed E-state index contributed by atoms with van der Waals surface area (Å²) in [4.78, 5) is 11.6. The molecule has 2 N–H and O–H groups in total. The van der Waals surface area contributed by atoms with Crippen molar-refractivity contribution in [3.05, 3.63) is 35.6 Å². The van der Waals surface area contributed by atoms with Crippen LogP contribution in [0.3, 0.4) is 0 Å². The number of para-hydroxylation sites is 1. The fraction of sp³-hybridized carbons (Fsp3) is 0.471. The minimum Gasteiger partial charge on any atom is -0.457 e. The Balaban J connectivity index is 2.35. The average Bonchev–Trinajstić information content (AvgIpc) is 2.78. The molecule has 0 aliphatic heterocycles. The van der Waals surface area contributed by atoms with Gasteiger partial charge in [0, 0.05) is 17.0 Å². The first-order chi connectivity index (χ1) is 9.69.